The van der Waals surface area contributed by atoms with E-state index < -0.39 is 18.6 Å². The normalized spacial score (nSPS) is 14.5. The molecule has 0 saturated carbocycles. The maximum absolute atomic E-state index is 12.5. The Labute approximate surface area is 113 Å². The highest BCUT2D eigenvalue weighted by atomic mass is 19.4. The number of hydrogen-bond acceptors (Lipinski definition) is 1. The zero-order chi connectivity index (χ0) is 14.7. The van der Waals surface area contributed by atoms with Crippen LogP contribution in [0.3, 0.4) is 0 Å². The summed E-state index contributed by atoms with van der Waals surface area (Å²) in [7, 11) is 0. The highest BCUT2D eigenvalue weighted by molar-refractivity contribution is 5.29. The minimum absolute atomic E-state index is 0.0102. The van der Waals surface area contributed by atoms with E-state index in [2.05, 4.69) is 26.1 Å². The second-order valence-electron chi connectivity index (χ2n) is 5.80. The topological polar surface area (TPSA) is 12.0 Å². The Morgan fingerprint density at radius 3 is 1.95 bits per heavy atom. The fourth-order valence-corrected chi connectivity index (χ4v) is 2.00. The number of rotatable bonds is 4. The molecule has 0 saturated heterocycles. The van der Waals surface area contributed by atoms with Crippen LogP contribution in [0.25, 0.3) is 0 Å². The van der Waals surface area contributed by atoms with Crippen LogP contribution in [0.1, 0.15) is 51.3 Å². The van der Waals surface area contributed by atoms with E-state index in [9.17, 15) is 13.2 Å². The Morgan fingerprint density at radius 2 is 1.58 bits per heavy atom. The Bertz CT molecular complexity index is 387. The van der Waals surface area contributed by atoms with Crippen LogP contribution in [-0.2, 0) is 5.41 Å². The molecule has 0 aliphatic rings. The van der Waals surface area contributed by atoms with Crippen LogP contribution < -0.4 is 5.32 Å². The van der Waals surface area contributed by atoms with E-state index in [1.807, 2.05) is 19.1 Å². The van der Waals surface area contributed by atoms with Crippen molar-refractivity contribution in [3.05, 3.63) is 35.4 Å². The lowest BCUT2D eigenvalue weighted by atomic mass is 9.86. The minimum atomic E-state index is -4.16. The van der Waals surface area contributed by atoms with Crippen molar-refractivity contribution in [3.63, 3.8) is 0 Å². The van der Waals surface area contributed by atoms with Crippen LogP contribution in [-0.4, -0.2) is 12.7 Å². The summed E-state index contributed by atoms with van der Waals surface area (Å²) >= 11 is 0. The molecule has 0 aromatic heterocycles. The summed E-state index contributed by atoms with van der Waals surface area (Å²) in [6, 6.07) is 6.74. The maximum atomic E-state index is 12.5. The molecule has 0 fully saturated rings. The molecule has 1 aromatic carbocycles. The average molecular weight is 273 g/mol. The summed E-state index contributed by atoms with van der Waals surface area (Å²) in [5, 5.41) is 2.89. The number of benzene rings is 1. The molecule has 1 aromatic rings. The van der Waals surface area contributed by atoms with E-state index in [0.29, 0.717) is 12.1 Å². The smallest absolute Gasteiger partial charge is 0.310 e. The number of hydrogen-bond donors (Lipinski definition) is 1. The van der Waals surface area contributed by atoms with Crippen LogP contribution >= 0.6 is 0 Å². The van der Waals surface area contributed by atoms with Crippen LogP contribution in [0.4, 0.5) is 13.2 Å². The van der Waals surface area contributed by atoms with Gasteiger partial charge in [-0.05, 0) is 23.1 Å². The summed E-state index contributed by atoms with van der Waals surface area (Å²) in [6.07, 6.45) is -4.99. The summed E-state index contributed by atoms with van der Waals surface area (Å²) in [6.45, 7) is 8.58. The molecule has 0 radical (unpaired) electrons. The zero-order valence-corrected chi connectivity index (χ0v) is 11.9. The highest BCUT2D eigenvalue weighted by Crippen LogP contribution is 2.30. The predicted octanol–water partition coefficient (Wildman–Crippen LogP) is 4.59. The summed E-state index contributed by atoms with van der Waals surface area (Å²) in [5.41, 5.74) is 1.82. The molecule has 1 rings (SSSR count). The third-order valence-corrected chi connectivity index (χ3v) is 3.07. The van der Waals surface area contributed by atoms with Gasteiger partial charge in [0.25, 0.3) is 0 Å². The van der Waals surface area contributed by atoms with E-state index >= 15 is 0 Å². The molecule has 19 heavy (non-hydrogen) atoms. The van der Waals surface area contributed by atoms with Gasteiger partial charge < -0.3 is 5.32 Å². The third kappa shape index (κ3) is 5.23. The molecular weight excluding hydrogens is 251 g/mol. The van der Waals surface area contributed by atoms with Gasteiger partial charge in [0.2, 0.25) is 0 Å². The van der Waals surface area contributed by atoms with Gasteiger partial charge in [-0.1, -0.05) is 52.0 Å². The van der Waals surface area contributed by atoms with Gasteiger partial charge in [0, 0.05) is 6.04 Å². The van der Waals surface area contributed by atoms with Crippen molar-refractivity contribution in [2.24, 2.45) is 0 Å². The molecule has 0 heterocycles. The number of alkyl halides is 3. The van der Waals surface area contributed by atoms with Crippen molar-refractivity contribution in [1.29, 1.82) is 0 Å². The number of nitrogens with one attached hydrogen (secondary N) is 1. The van der Waals surface area contributed by atoms with Crippen LogP contribution in [0.2, 0.25) is 0 Å². The first-order valence-corrected chi connectivity index (χ1v) is 6.54. The zero-order valence-electron chi connectivity index (χ0n) is 11.9. The summed E-state index contributed by atoms with van der Waals surface area (Å²) in [4.78, 5) is 0. The van der Waals surface area contributed by atoms with E-state index in [1.165, 1.54) is 0 Å². The molecule has 0 spiro atoms. The van der Waals surface area contributed by atoms with Crippen molar-refractivity contribution >= 4 is 0 Å². The Morgan fingerprint density at radius 1 is 1.05 bits per heavy atom. The lowest BCUT2D eigenvalue weighted by molar-refractivity contribution is -0.140. The Kier molecular flexibility index (Phi) is 5.02. The number of halogens is 3. The molecule has 1 unspecified atom stereocenters. The van der Waals surface area contributed by atoms with Gasteiger partial charge in [-0.25, -0.2) is 0 Å². The van der Waals surface area contributed by atoms with E-state index in [4.69, 9.17) is 0 Å². The van der Waals surface area contributed by atoms with Gasteiger partial charge >= 0.3 is 6.18 Å². The molecule has 1 atom stereocenters. The van der Waals surface area contributed by atoms with Gasteiger partial charge in [-0.15, -0.1) is 0 Å². The minimum Gasteiger partial charge on any atom is -0.310 e. The molecule has 1 N–H and O–H groups in total. The standard InChI is InChI=1S/C15H22F3N/c1-5-19-13(10-15(16,17)18)11-6-8-12(9-7-11)14(2,3)4/h6-9,13,19H,5,10H2,1-4H3. The SMILES string of the molecule is CCNC(CC(F)(F)F)c1ccc(C(C)(C)C)cc1. The Hall–Kier alpha value is -1.03. The van der Waals surface area contributed by atoms with Gasteiger partial charge in [0.15, 0.2) is 0 Å². The van der Waals surface area contributed by atoms with Crippen molar-refractivity contribution in [2.75, 3.05) is 6.54 Å². The van der Waals surface area contributed by atoms with Gasteiger partial charge in [-0.2, -0.15) is 13.2 Å². The Balaban J connectivity index is 2.91. The predicted molar refractivity (Wildman–Crippen MR) is 72.2 cm³/mol. The third-order valence-electron chi connectivity index (χ3n) is 3.07. The van der Waals surface area contributed by atoms with Gasteiger partial charge in [-0.3, -0.25) is 0 Å². The summed E-state index contributed by atoms with van der Waals surface area (Å²) in [5.74, 6) is 0. The molecular formula is C15H22F3N. The summed E-state index contributed by atoms with van der Waals surface area (Å²) < 4.78 is 37.6. The first kappa shape index (κ1) is 16.0. The first-order valence-electron chi connectivity index (χ1n) is 6.54. The monoisotopic (exact) mass is 273 g/mol. The van der Waals surface area contributed by atoms with Crippen molar-refractivity contribution in [1.82, 2.24) is 5.32 Å². The lowest BCUT2D eigenvalue weighted by Crippen LogP contribution is -2.26. The molecule has 108 valence electrons. The van der Waals surface area contributed by atoms with Crippen LogP contribution in [0, 0.1) is 0 Å². The van der Waals surface area contributed by atoms with Crippen LogP contribution in [0.15, 0.2) is 24.3 Å². The largest absolute Gasteiger partial charge is 0.390 e. The van der Waals surface area contributed by atoms with Crippen molar-refractivity contribution in [3.8, 4) is 0 Å². The molecule has 1 nitrogen and oxygen atoms in total. The van der Waals surface area contributed by atoms with Crippen molar-refractivity contribution in [2.45, 2.75) is 51.7 Å². The molecule has 0 aliphatic carbocycles. The fraction of sp³-hybridized carbons (Fsp3) is 0.600. The van der Waals surface area contributed by atoms with E-state index in [-0.39, 0.29) is 5.41 Å². The van der Waals surface area contributed by atoms with E-state index in [0.717, 1.165) is 5.56 Å². The van der Waals surface area contributed by atoms with Gasteiger partial charge in [0.1, 0.15) is 0 Å². The first-order chi connectivity index (χ1) is 8.63. The quantitative estimate of drug-likeness (QED) is 0.846. The average Bonchev–Trinajstić information content (AvgIpc) is 2.26. The van der Waals surface area contributed by atoms with Crippen LogP contribution in [0.5, 0.6) is 0 Å². The molecule has 0 amide bonds. The van der Waals surface area contributed by atoms with E-state index in [1.54, 1.807) is 12.1 Å². The highest BCUT2D eigenvalue weighted by Gasteiger charge is 2.32. The second kappa shape index (κ2) is 5.95. The lowest BCUT2D eigenvalue weighted by Gasteiger charge is -2.23. The second-order valence-corrected chi connectivity index (χ2v) is 5.80. The molecule has 0 bridgehead atoms. The maximum Gasteiger partial charge on any atom is 0.390 e. The molecule has 0 aliphatic heterocycles. The fourth-order valence-electron chi connectivity index (χ4n) is 2.00. The van der Waals surface area contributed by atoms with Crippen molar-refractivity contribution < 1.29 is 13.2 Å². The molecule has 4 heteroatoms. The van der Waals surface area contributed by atoms with Gasteiger partial charge in [0.05, 0.1) is 6.42 Å².